The second-order valence-corrected chi connectivity index (χ2v) is 5.16. The van der Waals surface area contributed by atoms with Crippen LogP contribution >= 0.6 is 0 Å². The van der Waals surface area contributed by atoms with Crippen LogP contribution < -0.4 is 10.6 Å². The first-order valence-corrected chi connectivity index (χ1v) is 6.83. The van der Waals surface area contributed by atoms with E-state index in [1.54, 1.807) is 7.11 Å². The Labute approximate surface area is 119 Å². The summed E-state index contributed by atoms with van der Waals surface area (Å²) in [4.78, 5) is 14.0. The number of methoxy groups -OCH3 is 2. The van der Waals surface area contributed by atoms with E-state index in [9.17, 15) is 4.79 Å². The summed E-state index contributed by atoms with van der Waals surface area (Å²) in [5.74, 6) is -0.396. The minimum absolute atomic E-state index is 0.239. The molecule has 1 aliphatic heterocycles. The van der Waals surface area contributed by atoms with Gasteiger partial charge in [-0.25, -0.2) is 4.79 Å². The Balaban J connectivity index is 2.32. The molecule has 0 spiro atoms. The molecule has 0 saturated carbocycles. The molecule has 0 aliphatic carbocycles. The molecule has 1 unspecified atom stereocenters. The van der Waals surface area contributed by atoms with Crippen LogP contribution in [0.2, 0.25) is 0 Å². The van der Waals surface area contributed by atoms with Gasteiger partial charge in [0.2, 0.25) is 0 Å². The summed E-state index contributed by atoms with van der Waals surface area (Å²) < 4.78 is 10.2. The van der Waals surface area contributed by atoms with Gasteiger partial charge in [-0.2, -0.15) is 0 Å². The molecule has 1 aromatic rings. The Morgan fingerprint density at radius 3 is 2.80 bits per heavy atom. The van der Waals surface area contributed by atoms with E-state index in [0.29, 0.717) is 11.3 Å². The van der Waals surface area contributed by atoms with Crippen LogP contribution in [0.1, 0.15) is 28.8 Å². The van der Waals surface area contributed by atoms with Gasteiger partial charge in [0.1, 0.15) is 0 Å². The third kappa shape index (κ3) is 2.88. The maximum atomic E-state index is 11.8. The van der Waals surface area contributed by atoms with Crippen LogP contribution in [0.15, 0.2) is 12.1 Å². The van der Waals surface area contributed by atoms with Crippen molar-refractivity contribution in [1.82, 2.24) is 0 Å². The first-order valence-electron chi connectivity index (χ1n) is 6.83. The number of anilines is 2. The van der Waals surface area contributed by atoms with Crippen molar-refractivity contribution in [3.8, 4) is 0 Å². The highest BCUT2D eigenvalue weighted by Crippen LogP contribution is 2.28. The number of hydrogen-bond acceptors (Lipinski definition) is 5. The molecule has 20 heavy (non-hydrogen) atoms. The Hall–Kier alpha value is -1.75. The maximum Gasteiger partial charge on any atom is 0.340 e. The van der Waals surface area contributed by atoms with Gasteiger partial charge in [-0.15, -0.1) is 0 Å². The topological polar surface area (TPSA) is 64.8 Å². The number of ether oxygens (including phenoxy) is 2. The smallest absolute Gasteiger partial charge is 0.340 e. The molecule has 1 aromatic carbocycles. The van der Waals surface area contributed by atoms with E-state index in [4.69, 9.17) is 15.2 Å². The minimum Gasteiger partial charge on any atom is -0.465 e. The molecule has 1 fully saturated rings. The van der Waals surface area contributed by atoms with Crippen LogP contribution in [0, 0.1) is 6.92 Å². The number of carbonyl (C=O) groups is 1. The lowest BCUT2D eigenvalue weighted by atomic mass is 10.0. The molecule has 2 N–H and O–H groups in total. The number of nitrogens with zero attached hydrogens (tertiary/aromatic N) is 1. The third-order valence-electron chi connectivity index (χ3n) is 3.85. The van der Waals surface area contributed by atoms with E-state index in [2.05, 4.69) is 4.90 Å². The van der Waals surface area contributed by atoms with Crippen molar-refractivity contribution >= 4 is 17.3 Å². The molecule has 1 aliphatic rings. The number of nitrogens with two attached hydrogens (primary N) is 1. The molecule has 5 nitrogen and oxygen atoms in total. The predicted molar refractivity (Wildman–Crippen MR) is 79.2 cm³/mol. The first kappa shape index (κ1) is 14.7. The maximum absolute atomic E-state index is 11.8. The molecule has 2 rings (SSSR count). The monoisotopic (exact) mass is 278 g/mol. The second kappa shape index (κ2) is 6.13. The van der Waals surface area contributed by atoms with E-state index in [1.807, 2.05) is 19.1 Å². The Bertz CT molecular complexity index is 502. The second-order valence-electron chi connectivity index (χ2n) is 5.16. The Kier molecular flexibility index (Phi) is 4.49. The normalized spacial score (nSPS) is 18.9. The largest absolute Gasteiger partial charge is 0.465 e. The summed E-state index contributed by atoms with van der Waals surface area (Å²) in [5.41, 5.74) is 8.78. The molecule has 1 heterocycles. The van der Waals surface area contributed by atoms with Crippen molar-refractivity contribution in [1.29, 1.82) is 0 Å². The lowest BCUT2D eigenvalue weighted by Gasteiger charge is -2.34. The fourth-order valence-electron chi connectivity index (χ4n) is 2.61. The number of rotatable bonds is 3. The van der Waals surface area contributed by atoms with Gasteiger partial charge in [0, 0.05) is 31.6 Å². The summed E-state index contributed by atoms with van der Waals surface area (Å²) in [6.45, 7) is 3.70. The van der Waals surface area contributed by atoms with E-state index in [1.165, 1.54) is 7.11 Å². The number of nitrogen functional groups attached to an aromatic ring is 1. The first-order chi connectivity index (χ1) is 9.56. The van der Waals surface area contributed by atoms with Gasteiger partial charge >= 0.3 is 5.97 Å². The van der Waals surface area contributed by atoms with Gasteiger partial charge < -0.3 is 20.1 Å². The fourth-order valence-corrected chi connectivity index (χ4v) is 2.61. The van der Waals surface area contributed by atoms with Gasteiger partial charge in [0.25, 0.3) is 0 Å². The zero-order valence-corrected chi connectivity index (χ0v) is 12.3. The minimum atomic E-state index is -0.396. The van der Waals surface area contributed by atoms with E-state index >= 15 is 0 Å². The molecule has 0 bridgehead atoms. The van der Waals surface area contributed by atoms with Crippen LogP contribution in [-0.2, 0) is 9.47 Å². The van der Waals surface area contributed by atoms with Crippen LogP contribution in [0.25, 0.3) is 0 Å². The van der Waals surface area contributed by atoms with Crippen molar-refractivity contribution in [2.45, 2.75) is 25.9 Å². The van der Waals surface area contributed by atoms with E-state index in [-0.39, 0.29) is 6.10 Å². The molecule has 0 radical (unpaired) electrons. The van der Waals surface area contributed by atoms with E-state index in [0.717, 1.165) is 37.2 Å². The van der Waals surface area contributed by atoms with Crippen molar-refractivity contribution in [2.24, 2.45) is 0 Å². The molecular formula is C15H22N2O3. The highest BCUT2D eigenvalue weighted by molar-refractivity contribution is 5.97. The van der Waals surface area contributed by atoms with Gasteiger partial charge in [0.15, 0.2) is 0 Å². The molecule has 0 amide bonds. The summed E-state index contributed by atoms with van der Waals surface area (Å²) in [7, 11) is 3.11. The van der Waals surface area contributed by atoms with E-state index < -0.39 is 5.97 Å². The number of aryl methyl sites for hydroxylation is 1. The molecule has 0 aromatic heterocycles. The molecule has 1 atom stereocenters. The summed E-state index contributed by atoms with van der Waals surface area (Å²) in [5, 5.41) is 0. The predicted octanol–water partition coefficient (Wildman–Crippen LogP) is 1.98. The summed E-state index contributed by atoms with van der Waals surface area (Å²) in [6.07, 6.45) is 2.39. The van der Waals surface area contributed by atoms with Crippen molar-refractivity contribution in [3.63, 3.8) is 0 Å². The quantitative estimate of drug-likeness (QED) is 0.676. The summed E-state index contributed by atoms with van der Waals surface area (Å²) >= 11 is 0. The zero-order valence-electron chi connectivity index (χ0n) is 12.3. The molecule has 1 saturated heterocycles. The highest BCUT2D eigenvalue weighted by atomic mass is 16.5. The SMILES string of the molecule is COC(=O)c1cc(N2CCCC(OC)C2)cc(C)c1N. The van der Waals surface area contributed by atoms with Gasteiger partial charge in [-0.05, 0) is 37.5 Å². The molecule has 110 valence electrons. The lowest BCUT2D eigenvalue weighted by molar-refractivity contribution is 0.0602. The fraction of sp³-hybridized carbons (Fsp3) is 0.533. The van der Waals surface area contributed by atoms with Gasteiger partial charge in [-0.1, -0.05) is 0 Å². The average Bonchev–Trinajstić information content (AvgIpc) is 2.49. The van der Waals surface area contributed by atoms with Crippen LogP contribution in [0.3, 0.4) is 0 Å². The van der Waals surface area contributed by atoms with Crippen molar-refractivity contribution in [3.05, 3.63) is 23.3 Å². The number of benzene rings is 1. The van der Waals surface area contributed by atoms with Gasteiger partial charge in [-0.3, -0.25) is 0 Å². The molecular weight excluding hydrogens is 256 g/mol. The number of esters is 1. The van der Waals surface area contributed by atoms with Gasteiger partial charge in [0.05, 0.1) is 18.8 Å². The Morgan fingerprint density at radius 1 is 1.40 bits per heavy atom. The summed E-state index contributed by atoms with van der Waals surface area (Å²) in [6, 6.07) is 3.83. The number of carbonyl (C=O) groups excluding carboxylic acids is 1. The Morgan fingerprint density at radius 2 is 2.15 bits per heavy atom. The highest BCUT2D eigenvalue weighted by Gasteiger charge is 2.22. The van der Waals surface area contributed by atoms with Crippen LogP contribution in [0.5, 0.6) is 0 Å². The number of hydrogen-bond donors (Lipinski definition) is 1. The zero-order chi connectivity index (χ0) is 14.7. The average molecular weight is 278 g/mol. The molecule has 5 heteroatoms. The third-order valence-corrected chi connectivity index (χ3v) is 3.85. The van der Waals surface area contributed by atoms with Crippen LogP contribution in [0.4, 0.5) is 11.4 Å². The van der Waals surface area contributed by atoms with Crippen molar-refractivity contribution < 1.29 is 14.3 Å². The van der Waals surface area contributed by atoms with Crippen LogP contribution in [-0.4, -0.2) is 39.4 Å². The number of piperidine rings is 1. The van der Waals surface area contributed by atoms with Crippen molar-refractivity contribution in [2.75, 3.05) is 37.9 Å². The lowest BCUT2D eigenvalue weighted by Crippen LogP contribution is -2.39. The standard InChI is InChI=1S/C15H22N2O3/c1-10-7-11(8-13(14(10)16)15(18)20-3)17-6-4-5-12(9-17)19-2/h7-8,12H,4-6,9,16H2,1-3H3.